The third-order valence-electron chi connectivity index (χ3n) is 6.83. The summed E-state index contributed by atoms with van der Waals surface area (Å²) in [5, 5.41) is 0. The highest BCUT2D eigenvalue weighted by atomic mass is 16.5. The standard InChI is InChI=1S/C32H54O4/c1-3-5-7-9-11-12-13-14-15-16-18-20-24-28-36-32(34)30-26-22-21-25-29(30)31(33)35-27-23-19-17-10-8-6-4-2/h21-22,25-26H,3-20,23-24,27-28H2,1-2H3. The maximum absolute atomic E-state index is 12.6. The molecule has 36 heavy (non-hydrogen) atoms. The first-order valence-electron chi connectivity index (χ1n) is 15.1. The summed E-state index contributed by atoms with van der Waals surface area (Å²) in [5.41, 5.74) is 0.604. The van der Waals surface area contributed by atoms with Crippen molar-refractivity contribution in [1.82, 2.24) is 0 Å². The van der Waals surface area contributed by atoms with Crippen molar-refractivity contribution >= 4 is 11.9 Å². The molecule has 0 fully saturated rings. The lowest BCUT2D eigenvalue weighted by Gasteiger charge is -2.10. The van der Waals surface area contributed by atoms with Gasteiger partial charge in [-0.1, -0.05) is 142 Å². The van der Waals surface area contributed by atoms with Crippen LogP contribution in [-0.2, 0) is 9.47 Å². The number of carbonyl (C=O) groups is 2. The molecule has 0 radical (unpaired) electrons. The normalized spacial score (nSPS) is 10.9. The molecule has 4 heteroatoms. The van der Waals surface area contributed by atoms with E-state index >= 15 is 0 Å². The molecule has 0 unspecified atom stereocenters. The number of unbranched alkanes of at least 4 members (excludes halogenated alkanes) is 18. The van der Waals surface area contributed by atoms with Crippen LogP contribution in [0.4, 0.5) is 0 Å². The highest BCUT2D eigenvalue weighted by Gasteiger charge is 2.18. The molecule has 0 aliphatic carbocycles. The Hall–Kier alpha value is -1.84. The van der Waals surface area contributed by atoms with E-state index in [4.69, 9.17) is 9.47 Å². The first kappa shape index (κ1) is 32.2. The van der Waals surface area contributed by atoms with E-state index in [2.05, 4.69) is 13.8 Å². The Labute approximate surface area is 221 Å². The van der Waals surface area contributed by atoms with Crippen molar-refractivity contribution in [2.75, 3.05) is 13.2 Å². The van der Waals surface area contributed by atoms with Gasteiger partial charge in [-0.25, -0.2) is 9.59 Å². The number of benzene rings is 1. The summed E-state index contributed by atoms with van der Waals surface area (Å²) < 4.78 is 10.9. The van der Waals surface area contributed by atoms with Crippen LogP contribution < -0.4 is 0 Å². The second-order valence-electron chi connectivity index (χ2n) is 10.2. The Kier molecular flexibility index (Phi) is 21.1. The fourth-order valence-corrected chi connectivity index (χ4v) is 4.50. The number of carbonyl (C=O) groups excluding carboxylic acids is 2. The molecule has 0 atom stereocenters. The molecule has 0 N–H and O–H groups in total. The molecule has 0 heterocycles. The summed E-state index contributed by atoms with van der Waals surface area (Å²) >= 11 is 0. The summed E-state index contributed by atoms with van der Waals surface area (Å²) in [5.74, 6) is -0.869. The largest absolute Gasteiger partial charge is 0.462 e. The summed E-state index contributed by atoms with van der Waals surface area (Å²) in [6.07, 6.45) is 24.9. The van der Waals surface area contributed by atoms with E-state index in [0.29, 0.717) is 24.3 Å². The van der Waals surface area contributed by atoms with Crippen LogP contribution in [0.25, 0.3) is 0 Å². The molecule has 0 amide bonds. The third-order valence-corrected chi connectivity index (χ3v) is 6.83. The van der Waals surface area contributed by atoms with E-state index in [9.17, 15) is 9.59 Å². The molecule has 0 aliphatic heterocycles. The lowest BCUT2D eigenvalue weighted by atomic mass is 10.0. The van der Waals surface area contributed by atoms with Crippen molar-refractivity contribution in [3.8, 4) is 0 Å². The molecule has 1 aromatic rings. The molecule has 0 bridgehead atoms. The molecule has 0 aliphatic rings. The minimum atomic E-state index is -0.436. The van der Waals surface area contributed by atoms with Crippen molar-refractivity contribution in [2.45, 2.75) is 142 Å². The maximum atomic E-state index is 12.6. The molecule has 1 aromatic carbocycles. The average Bonchev–Trinajstić information content (AvgIpc) is 2.90. The Morgan fingerprint density at radius 1 is 0.472 bits per heavy atom. The van der Waals surface area contributed by atoms with Crippen molar-refractivity contribution < 1.29 is 19.1 Å². The molecule has 206 valence electrons. The Balaban J connectivity index is 2.12. The number of rotatable bonds is 24. The van der Waals surface area contributed by atoms with E-state index in [0.717, 1.165) is 25.7 Å². The zero-order valence-electron chi connectivity index (χ0n) is 23.5. The molecular weight excluding hydrogens is 448 g/mol. The Morgan fingerprint density at radius 3 is 1.06 bits per heavy atom. The number of esters is 2. The van der Waals surface area contributed by atoms with Gasteiger partial charge in [-0.05, 0) is 25.0 Å². The van der Waals surface area contributed by atoms with Crippen LogP contribution in [0.3, 0.4) is 0 Å². The van der Waals surface area contributed by atoms with Crippen LogP contribution in [0, 0.1) is 0 Å². The summed E-state index contributed by atoms with van der Waals surface area (Å²) in [7, 11) is 0. The van der Waals surface area contributed by atoms with Gasteiger partial charge in [0, 0.05) is 0 Å². The van der Waals surface area contributed by atoms with Gasteiger partial charge in [0.15, 0.2) is 0 Å². The smallest absolute Gasteiger partial charge is 0.339 e. The monoisotopic (exact) mass is 502 g/mol. The zero-order chi connectivity index (χ0) is 26.1. The first-order valence-corrected chi connectivity index (χ1v) is 15.1. The van der Waals surface area contributed by atoms with Gasteiger partial charge in [0.25, 0.3) is 0 Å². The lowest BCUT2D eigenvalue weighted by molar-refractivity contribution is 0.0450. The highest BCUT2D eigenvalue weighted by molar-refractivity contribution is 6.03. The first-order chi connectivity index (χ1) is 17.7. The second-order valence-corrected chi connectivity index (χ2v) is 10.2. The average molecular weight is 503 g/mol. The molecule has 0 spiro atoms. The van der Waals surface area contributed by atoms with E-state index < -0.39 is 11.9 Å². The summed E-state index contributed by atoms with van der Waals surface area (Å²) in [6, 6.07) is 6.81. The van der Waals surface area contributed by atoms with E-state index in [1.807, 2.05) is 0 Å². The SMILES string of the molecule is CCCCCCCCCCCCCCCOC(=O)c1ccccc1C(=O)OCCCCCCCCC. The minimum Gasteiger partial charge on any atom is -0.462 e. The summed E-state index contributed by atoms with van der Waals surface area (Å²) in [6.45, 7) is 5.28. The molecule has 0 aromatic heterocycles. The fourth-order valence-electron chi connectivity index (χ4n) is 4.50. The highest BCUT2D eigenvalue weighted by Crippen LogP contribution is 2.15. The fraction of sp³-hybridized carbons (Fsp3) is 0.750. The van der Waals surface area contributed by atoms with Crippen LogP contribution in [0.5, 0.6) is 0 Å². The quantitative estimate of drug-likeness (QED) is 0.104. The van der Waals surface area contributed by atoms with Crippen molar-refractivity contribution in [2.24, 2.45) is 0 Å². The van der Waals surface area contributed by atoms with Crippen LogP contribution >= 0.6 is 0 Å². The topological polar surface area (TPSA) is 52.6 Å². The van der Waals surface area contributed by atoms with Crippen molar-refractivity contribution in [3.05, 3.63) is 35.4 Å². The van der Waals surface area contributed by atoms with Gasteiger partial charge in [-0.3, -0.25) is 0 Å². The van der Waals surface area contributed by atoms with Gasteiger partial charge in [-0.2, -0.15) is 0 Å². The minimum absolute atomic E-state index is 0.302. The van der Waals surface area contributed by atoms with Crippen LogP contribution in [0.1, 0.15) is 163 Å². The molecule has 1 rings (SSSR count). The van der Waals surface area contributed by atoms with E-state index in [1.54, 1.807) is 24.3 Å². The molecular formula is C32H54O4. The Bertz CT molecular complexity index is 670. The van der Waals surface area contributed by atoms with Crippen molar-refractivity contribution in [3.63, 3.8) is 0 Å². The van der Waals surface area contributed by atoms with Crippen LogP contribution in [0.2, 0.25) is 0 Å². The molecule has 0 saturated carbocycles. The van der Waals surface area contributed by atoms with E-state index in [1.165, 1.54) is 103 Å². The molecule has 0 saturated heterocycles. The van der Waals surface area contributed by atoms with Gasteiger partial charge in [0.1, 0.15) is 0 Å². The number of ether oxygens (including phenoxy) is 2. The van der Waals surface area contributed by atoms with Crippen LogP contribution in [-0.4, -0.2) is 25.2 Å². The van der Waals surface area contributed by atoms with E-state index in [-0.39, 0.29) is 0 Å². The van der Waals surface area contributed by atoms with Gasteiger partial charge in [0.05, 0.1) is 24.3 Å². The maximum Gasteiger partial charge on any atom is 0.339 e. The Morgan fingerprint density at radius 2 is 0.750 bits per heavy atom. The third kappa shape index (κ3) is 16.8. The van der Waals surface area contributed by atoms with Gasteiger partial charge in [-0.15, -0.1) is 0 Å². The summed E-state index contributed by atoms with van der Waals surface area (Å²) in [4.78, 5) is 25.1. The zero-order valence-corrected chi connectivity index (χ0v) is 23.5. The van der Waals surface area contributed by atoms with Gasteiger partial charge >= 0.3 is 11.9 Å². The number of hydrogen-bond acceptors (Lipinski definition) is 4. The second kappa shape index (κ2) is 23.6. The lowest BCUT2D eigenvalue weighted by Crippen LogP contribution is -2.15. The number of hydrogen-bond donors (Lipinski definition) is 0. The predicted octanol–water partition coefficient (Wildman–Crippen LogP) is 9.84. The van der Waals surface area contributed by atoms with Crippen molar-refractivity contribution in [1.29, 1.82) is 0 Å². The van der Waals surface area contributed by atoms with Gasteiger partial charge in [0.2, 0.25) is 0 Å². The molecule has 4 nitrogen and oxygen atoms in total. The predicted molar refractivity (Wildman–Crippen MR) is 151 cm³/mol. The van der Waals surface area contributed by atoms with Gasteiger partial charge < -0.3 is 9.47 Å². The van der Waals surface area contributed by atoms with Crippen LogP contribution in [0.15, 0.2) is 24.3 Å².